The third-order valence-corrected chi connectivity index (χ3v) is 8.08. The minimum absolute atomic E-state index is 0.00166. The number of hydrazone groups is 2. The summed E-state index contributed by atoms with van der Waals surface area (Å²) >= 11 is 1.09. The van der Waals surface area contributed by atoms with E-state index in [9.17, 15) is 14.4 Å². The fourth-order valence-corrected chi connectivity index (χ4v) is 5.55. The number of hydrogen-bond donors (Lipinski definition) is 1. The molecule has 0 aliphatic carbocycles. The van der Waals surface area contributed by atoms with Crippen LogP contribution in [0.4, 0.5) is 5.69 Å². The molecule has 1 saturated heterocycles. The summed E-state index contributed by atoms with van der Waals surface area (Å²) in [6.07, 6.45) is -0.383. The molecule has 208 valence electrons. The third-order valence-electron chi connectivity index (χ3n) is 7.01. The fourth-order valence-electron chi connectivity index (χ4n) is 4.69. The van der Waals surface area contributed by atoms with Crippen LogP contribution in [0.1, 0.15) is 59.5 Å². The van der Waals surface area contributed by atoms with Gasteiger partial charge in [-0.15, -0.1) is 11.3 Å². The second-order valence-electron chi connectivity index (χ2n) is 10.7. The van der Waals surface area contributed by atoms with Gasteiger partial charge >= 0.3 is 0 Å². The Morgan fingerprint density at radius 2 is 1.62 bits per heavy atom. The highest BCUT2D eigenvalue weighted by molar-refractivity contribution is 7.15. The number of nitrogens with zero attached hydrogens (tertiary/aromatic N) is 4. The van der Waals surface area contributed by atoms with E-state index in [0.717, 1.165) is 16.9 Å². The average molecular weight is 554 g/mol. The van der Waals surface area contributed by atoms with Gasteiger partial charge in [0.05, 0.1) is 26.9 Å². The van der Waals surface area contributed by atoms with Crippen LogP contribution >= 0.6 is 11.3 Å². The maximum atomic E-state index is 13.2. The molecule has 2 aromatic rings. The van der Waals surface area contributed by atoms with Crippen molar-refractivity contribution >= 4 is 46.2 Å². The smallest absolute Gasteiger partial charge is 0.281 e. The number of anilines is 1. The maximum absolute atomic E-state index is 13.2. The van der Waals surface area contributed by atoms with E-state index in [1.807, 2.05) is 24.3 Å². The minimum atomic E-state index is -0.675. The van der Waals surface area contributed by atoms with Crippen LogP contribution in [-0.2, 0) is 19.7 Å². The van der Waals surface area contributed by atoms with Gasteiger partial charge in [-0.1, -0.05) is 32.9 Å². The second kappa shape index (κ2) is 11.4. The Kier molecular flexibility index (Phi) is 8.34. The first-order chi connectivity index (χ1) is 18.4. The molecule has 2 aliphatic heterocycles. The zero-order valence-electron chi connectivity index (χ0n) is 23.3. The first-order valence-corrected chi connectivity index (χ1v) is 13.5. The Hall–Kier alpha value is -3.41. The molecule has 3 amide bonds. The SMILES string of the molecule is COC1CN(C(=O)c2ccc(C(=O)N/N=C(\C)C3C(=O)N(c4ccc(C(C)(C)C)cc4)N=C3C)s2)CC1OC. The monoisotopic (exact) mass is 553 g/mol. The van der Waals surface area contributed by atoms with E-state index >= 15 is 0 Å². The largest absolute Gasteiger partial charge is 0.377 e. The van der Waals surface area contributed by atoms with Gasteiger partial charge < -0.3 is 14.4 Å². The molecule has 3 atom stereocenters. The lowest BCUT2D eigenvalue weighted by atomic mass is 9.87. The highest BCUT2D eigenvalue weighted by atomic mass is 32.1. The van der Waals surface area contributed by atoms with Crippen molar-refractivity contribution in [1.82, 2.24) is 10.3 Å². The molecule has 39 heavy (non-hydrogen) atoms. The molecule has 1 aromatic carbocycles. The number of rotatable bonds is 7. The zero-order valence-corrected chi connectivity index (χ0v) is 24.2. The minimum Gasteiger partial charge on any atom is -0.377 e. The summed E-state index contributed by atoms with van der Waals surface area (Å²) in [5, 5.41) is 10.0. The van der Waals surface area contributed by atoms with Crippen molar-refractivity contribution in [1.29, 1.82) is 0 Å². The Labute approximate surface area is 232 Å². The van der Waals surface area contributed by atoms with Gasteiger partial charge in [-0.2, -0.15) is 15.2 Å². The average Bonchev–Trinajstić information content (AvgIpc) is 3.63. The number of benzene rings is 1. The molecule has 3 heterocycles. The van der Waals surface area contributed by atoms with Crippen molar-refractivity contribution in [2.45, 2.75) is 52.2 Å². The van der Waals surface area contributed by atoms with Gasteiger partial charge in [0.25, 0.3) is 17.7 Å². The van der Waals surface area contributed by atoms with E-state index in [0.29, 0.717) is 40.0 Å². The lowest BCUT2D eigenvalue weighted by Crippen LogP contribution is -2.33. The number of methoxy groups -OCH3 is 2. The van der Waals surface area contributed by atoms with Gasteiger partial charge in [-0.3, -0.25) is 14.4 Å². The number of amides is 3. The van der Waals surface area contributed by atoms with Crippen LogP contribution in [0.25, 0.3) is 0 Å². The van der Waals surface area contributed by atoms with E-state index in [4.69, 9.17) is 9.47 Å². The second-order valence-corrected chi connectivity index (χ2v) is 11.8. The van der Waals surface area contributed by atoms with E-state index in [1.165, 1.54) is 5.01 Å². The number of likely N-dealkylation sites (tertiary alicyclic amines) is 1. The molecule has 11 heteroatoms. The van der Waals surface area contributed by atoms with Crippen molar-refractivity contribution in [3.05, 3.63) is 51.7 Å². The number of ether oxygens (including phenoxy) is 2. The third kappa shape index (κ3) is 5.95. The first kappa shape index (κ1) is 28.6. The number of carbonyl (C=O) groups excluding carboxylic acids is 3. The molecule has 1 N–H and O–H groups in total. The summed E-state index contributed by atoms with van der Waals surface area (Å²) in [7, 11) is 3.18. The van der Waals surface area contributed by atoms with Crippen LogP contribution in [0.15, 0.2) is 46.6 Å². The standard InChI is InChI=1S/C28H35N5O5S/c1-16(24-17(2)31-33(27(24)36)19-10-8-18(9-11-19)28(3,4)5)29-30-25(34)22-12-13-23(39-22)26(35)32-14-20(37-6)21(15-32)38-7/h8-13,20-21,24H,14-15H2,1-7H3,(H,30,34)/b29-16+. The predicted molar refractivity (Wildman–Crippen MR) is 152 cm³/mol. The van der Waals surface area contributed by atoms with E-state index in [-0.39, 0.29) is 29.4 Å². The molecular formula is C28H35N5O5S. The van der Waals surface area contributed by atoms with Crippen LogP contribution in [0.2, 0.25) is 0 Å². The van der Waals surface area contributed by atoms with Gasteiger partial charge in [0.15, 0.2) is 0 Å². The summed E-state index contributed by atoms with van der Waals surface area (Å²) in [6, 6.07) is 11.0. The molecule has 3 unspecified atom stereocenters. The van der Waals surface area contributed by atoms with Crippen LogP contribution in [-0.4, -0.2) is 73.6 Å². The Morgan fingerprint density at radius 1 is 1.03 bits per heavy atom. The Morgan fingerprint density at radius 3 is 2.18 bits per heavy atom. The Bertz CT molecular complexity index is 1300. The predicted octanol–water partition coefficient (Wildman–Crippen LogP) is 3.68. The summed E-state index contributed by atoms with van der Waals surface area (Å²) in [5.41, 5.74) is 5.37. The molecule has 0 bridgehead atoms. The molecule has 10 nitrogen and oxygen atoms in total. The number of nitrogens with one attached hydrogen (secondary N) is 1. The van der Waals surface area contributed by atoms with E-state index in [2.05, 4.69) is 36.4 Å². The van der Waals surface area contributed by atoms with Gasteiger partial charge in [-0.25, -0.2) is 5.43 Å². The number of hydrogen-bond acceptors (Lipinski definition) is 8. The summed E-state index contributed by atoms with van der Waals surface area (Å²) in [6.45, 7) is 10.7. The molecule has 1 fully saturated rings. The van der Waals surface area contributed by atoms with E-state index in [1.54, 1.807) is 45.1 Å². The molecule has 0 saturated carbocycles. The van der Waals surface area contributed by atoms with Crippen LogP contribution < -0.4 is 10.4 Å². The fraction of sp³-hybridized carbons (Fsp3) is 0.464. The molecule has 0 radical (unpaired) electrons. The van der Waals surface area contributed by atoms with Gasteiger partial charge in [-0.05, 0) is 49.1 Å². The van der Waals surface area contributed by atoms with Crippen LogP contribution in [0.5, 0.6) is 0 Å². The molecule has 4 rings (SSSR count). The number of thiophene rings is 1. The van der Waals surface area contributed by atoms with Crippen molar-refractivity contribution in [3.8, 4) is 0 Å². The quantitative estimate of drug-likeness (QED) is 0.415. The van der Waals surface area contributed by atoms with Crippen LogP contribution in [0, 0.1) is 5.92 Å². The molecular weight excluding hydrogens is 518 g/mol. The Balaban J connectivity index is 1.39. The van der Waals surface area contributed by atoms with Crippen molar-refractivity contribution in [2.24, 2.45) is 16.1 Å². The molecule has 2 aliphatic rings. The highest BCUT2D eigenvalue weighted by Crippen LogP contribution is 2.29. The summed E-state index contributed by atoms with van der Waals surface area (Å²) < 4.78 is 10.8. The normalized spacial score (nSPS) is 21.9. The molecule has 1 aromatic heterocycles. The van der Waals surface area contributed by atoms with Gasteiger partial charge in [0.1, 0.15) is 18.1 Å². The van der Waals surface area contributed by atoms with Crippen molar-refractivity contribution in [2.75, 3.05) is 32.3 Å². The topological polar surface area (TPSA) is 113 Å². The maximum Gasteiger partial charge on any atom is 0.281 e. The van der Waals surface area contributed by atoms with Crippen molar-refractivity contribution in [3.63, 3.8) is 0 Å². The lowest BCUT2D eigenvalue weighted by Gasteiger charge is -2.20. The zero-order chi connectivity index (χ0) is 28.5. The first-order valence-electron chi connectivity index (χ1n) is 12.7. The molecule has 0 spiro atoms. The summed E-state index contributed by atoms with van der Waals surface area (Å²) in [4.78, 5) is 41.4. The number of carbonyl (C=O) groups is 3. The van der Waals surface area contributed by atoms with Crippen molar-refractivity contribution < 1.29 is 23.9 Å². The van der Waals surface area contributed by atoms with E-state index < -0.39 is 11.8 Å². The van der Waals surface area contributed by atoms with Gasteiger partial charge in [0, 0.05) is 27.3 Å². The summed E-state index contributed by atoms with van der Waals surface area (Å²) in [5.74, 6) is -1.55. The highest BCUT2D eigenvalue weighted by Gasteiger charge is 2.38. The van der Waals surface area contributed by atoms with Gasteiger partial charge in [0.2, 0.25) is 0 Å². The lowest BCUT2D eigenvalue weighted by molar-refractivity contribution is -0.118. The van der Waals surface area contributed by atoms with Crippen LogP contribution in [0.3, 0.4) is 0 Å².